The first-order valence-electron chi connectivity index (χ1n) is 8.69. The van der Waals surface area contributed by atoms with E-state index in [1.807, 2.05) is 12.1 Å². The summed E-state index contributed by atoms with van der Waals surface area (Å²) in [6, 6.07) is 12.2. The molecule has 2 aromatic carbocycles. The van der Waals surface area contributed by atoms with E-state index in [0.29, 0.717) is 11.3 Å². The Labute approximate surface area is 155 Å². The van der Waals surface area contributed by atoms with Crippen molar-refractivity contribution in [2.75, 3.05) is 5.32 Å². The summed E-state index contributed by atoms with van der Waals surface area (Å²) in [7, 11) is 0. The second-order valence-corrected chi connectivity index (χ2v) is 8.64. The lowest BCUT2D eigenvalue weighted by atomic mass is 9.79. The van der Waals surface area contributed by atoms with Gasteiger partial charge in [-0.05, 0) is 52.3 Å². The number of carboxylic acid groups (broad SMARTS) is 1. The molecule has 0 aromatic heterocycles. The fourth-order valence-electron chi connectivity index (χ4n) is 2.56. The van der Waals surface area contributed by atoms with Crippen molar-refractivity contribution >= 4 is 17.6 Å². The number of hydrogen-bond acceptors (Lipinski definition) is 2. The highest BCUT2D eigenvalue weighted by Gasteiger charge is 2.22. The summed E-state index contributed by atoms with van der Waals surface area (Å²) in [5, 5.41) is 11.9. The van der Waals surface area contributed by atoms with E-state index in [-0.39, 0.29) is 22.3 Å². The Morgan fingerprint density at radius 1 is 0.808 bits per heavy atom. The number of carbonyl (C=O) groups is 2. The summed E-state index contributed by atoms with van der Waals surface area (Å²) < 4.78 is 0. The summed E-state index contributed by atoms with van der Waals surface area (Å²) in [6.45, 7) is 12.7. The second kappa shape index (κ2) is 6.94. The second-order valence-electron chi connectivity index (χ2n) is 8.64. The topological polar surface area (TPSA) is 66.4 Å². The highest BCUT2D eigenvalue weighted by atomic mass is 16.4. The minimum atomic E-state index is -1.02. The zero-order valence-corrected chi connectivity index (χ0v) is 16.3. The zero-order chi connectivity index (χ0) is 19.7. The Hall–Kier alpha value is -2.62. The van der Waals surface area contributed by atoms with Gasteiger partial charge in [0.15, 0.2) is 0 Å². The molecule has 2 rings (SSSR count). The molecule has 0 aliphatic heterocycles. The number of carbonyl (C=O) groups excluding carboxylic acids is 1. The Kier molecular flexibility index (Phi) is 5.26. The fourth-order valence-corrected chi connectivity index (χ4v) is 2.56. The van der Waals surface area contributed by atoms with Gasteiger partial charge in [-0.2, -0.15) is 0 Å². The lowest BCUT2D eigenvalue weighted by molar-refractivity contribution is 0.0696. The molecule has 26 heavy (non-hydrogen) atoms. The van der Waals surface area contributed by atoms with E-state index in [2.05, 4.69) is 52.9 Å². The molecule has 0 atom stereocenters. The van der Waals surface area contributed by atoms with Crippen LogP contribution in [0.15, 0.2) is 42.5 Å². The van der Waals surface area contributed by atoms with Crippen LogP contribution in [0, 0.1) is 0 Å². The molecule has 0 saturated heterocycles. The monoisotopic (exact) mass is 353 g/mol. The van der Waals surface area contributed by atoms with Crippen molar-refractivity contribution in [1.82, 2.24) is 0 Å². The van der Waals surface area contributed by atoms with E-state index in [4.69, 9.17) is 5.11 Å². The summed E-state index contributed by atoms with van der Waals surface area (Å²) in [5.41, 5.74) is 3.20. The molecule has 0 bridgehead atoms. The minimum absolute atomic E-state index is 0.0838. The van der Waals surface area contributed by atoms with Crippen molar-refractivity contribution in [2.24, 2.45) is 0 Å². The summed E-state index contributed by atoms with van der Waals surface area (Å²) >= 11 is 0. The van der Waals surface area contributed by atoms with Crippen LogP contribution in [0.4, 0.5) is 5.69 Å². The molecule has 138 valence electrons. The van der Waals surface area contributed by atoms with Gasteiger partial charge >= 0.3 is 5.97 Å². The number of nitrogens with one attached hydrogen (secondary N) is 1. The van der Waals surface area contributed by atoms with E-state index in [9.17, 15) is 9.59 Å². The summed E-state index contributed by atoms with van der Waals surface area (Å²) in [4.78, 5) is 23.9. The Morgan fingerprint density at radius 2 is 1.35 bits per heavy atom. The minimum Gasteiger partial charge on any atom is -0.478 e. The van der Waals surface area contributed by atoms with Crippen molar-refractivity contribution in [2.45, 2.75) is 52.4 Å². The van der Waals surface area contributed by atoms with Crippen molar-refractivity contribution < 1.29 is 14.7 Å². The van der Waals surface area contributed by atoms with E-state index < -0.39 is 5.97 Å². The van der Waals surface area contributed by atoms with Crippen LogP contribution in [0.1, 0.15) is 73.4 Å². The predicted octanol–water partition coefficient (Wildman–Crippen LogP) is 5.23. The molecule has 0 aliphatic rings. The first kappa shape index (κ1) is 19.7. The highest BCUT2D eigenvalue weighted by molar-refractivity contribution is 6.05. The van der Waals surface area contributed by atoms with Gasteiger partial charge in [-0.25, -0.2) is 4.79 Å². The highest BCUT2D eigenvalue weighted by Crippen LogP contribution is 2.30. The van der Waals surface area contributed by atoms with Crippen molar-refractivity contribution in [3.8, 4) is 0 Å². The molecule has 0 unspecified atom stereocenters. The van der Waals surface area contributed by atoms with Crippen LogP contribution in [0.5, 0.6) is 0 Å². The van der Waals surface area contributed by atoms with Crippen molar-refractivity contribution in [1.29, 1.82) is 0 Å². The molecule has 4 nitrogen and oxygen atoms in total. The molecule has 1 amide bonds. The molecule has 0 radical (unpaired) electrons. The molecule has 0 fully saturated rings. The molecule has 0 heterocycles. The molecular formula is C22H27NO3. The van der Waals surface area contributed by atoms with Crippen LogP contribution in [-0.2, 0) is 10.8 Å². The maximum absolute atomic E-state index is 12.8. The number of carboxylic acids is 1. The van der Waals surface area contributed by atoms with Gasteiger partial charge in [0.25, 0.3) is 5.91 Å². The van der Waals surface area contributed by atoms with Gasteiger partial charge in [-0.15, -0.1) is 0 Å². The standard InChI is InChI=1S/C22H27NO3/c1-21(2,3)16-10-15(11-17(13-16)22(4,5)6)19(24)23-18-9-7-8-14(12-18)20(25)26/h7-13H,1-6H3,(H,23,24)(H,25,26). The maximum atomic E-state index is 12.8. The fraction of sp³-hybridized carbons (Fsp3) is 0.364. The zero-order valence-electron chi connectivity index (χ0n) is 16.3. The lowest BCUT2D eigenvalue weighted by Gasteiger charge is -2.26. The van der Waals surface area contributed by atoms with Crippen LogP contribution in [-0.4, -0.2) is 17.0 Å². The molecule has 2 N–H and O–H groups in total. The van der Waals surface area contributed by atoms with Crippen LogP contribution in [0.2, 0.25) is 0 Å². The number of amides is 1. The molecule has 2 aromatic rings. The molecule has 0 aliphatic carbocycles. The maximum Gasteiger partial charge on any atom is 0.335 e. The van der Waals surface area contributed by atoms with Gasteiger partial charge in [0.2, 0.25) is 0 Å². The van der Waals surface area contributed by atoms with E-state index in [1.54, 1.807) is 12.1 Å². The normalized spacial score (nSPS) is 11.9. The van der Waals surface area contributed by atoms with Crippen molar-refractivity contribution in [3.05, 3.63) is 64.7 Å². The van der Waals surface area contributed by atoms with Crippen LogP contribution in [0.3, 0.4) is 0 Å². The van der Waals surface area contributed by atoms with Crippen molar-refractivity contribution in [3.63, 3.8) is 0 Å². The summed E-state index contributed by atoms with van der Waals surface area (Å²) in [6.07, 6.45) is 0. The molecule has 0 spiro atoms. The average molecular weight is 353 g/mol. The Morgan fingerprint density at radius 3 is 1.81 bits per heavy atom. The number of aromatic carboxylic acids is 1. The van der Waals surface area contributed by atoms with Crippen LogP contribution >= 0.6 is 0 Å². The Bertz CT molecular complexity index is 807. The third kappa shape index (κ3) is 4.72. The quantitative estimate of drug-likeness (QED) is 0.794. The van der Waals surface area contributed by atoms with Crippen LogP contribution < -0.4 is 5.32 Å². The average Bonchev–Trinajstić information content (AvgIpc) is 2.53. The predicted molar refractivity (Wildman–Crippen MR) is 105 cm³/mol. The van der Waals surface area contributed by atoms with Gasteiger partial charge in [-0.1, -0.05) is 53.7 Å². The first-order chi connectivity index (χ1) is 11.9. The van der Waals surface area contributed by atoms with Gasteiger partial charge in [0.05, 0.1) is 5.56 Å². The van der Waals surface area contributed by atoms with E-state index >= 15 is 0 Å². The van der Waals surface area contributed by atoms with Gasteiger partial charge in [0, 0.05) is 11.3 Å². The number of benzene rings is 2. The number of anilines is 1. The smallest absolute Gasteiger partial charge is 0.335 e. The van der Waals surface area contributed by atoms with E-state index in [1.165, 1.54) is 12.1 Å². The van der Waals surface area contributed by atoms with Crippen LogP contribution in [0.25, 0.3) is 0 Å². The number of rotatable bonds is 3. The molecular weight excluding hydrogens is 326 g/mol. The van der Waals surface area contributed by atoms with Gasteiger partial charge in [-0.3, -0.25) is 4.79 Å². The Balaban J connectivity index is 2.42. The number of hydrogen-bond donors (Lipinski definition) is 2. The molecule has 0 saturated carbocycles. The summed E-state index contributed by atoms with van der Waals surface area (Å²) in [5.74, 6) is -1.27. The SMILES string of the molecule is CC(C)(C)c1cc(C(=O)Nc2cccc(C(=O)O)c2)cc(C(C)(C)C)c1. The van der Waals surface area contributed by atoms with Gasteiger partial charge < -0.3 is 10.4 Å². The first-order valence-corrected chi connectivity index (χ1v) is 8.69. The van der Waals surface area contributed by atoms with E-state index in [0.717, 1.165) is 11.1 Å². The molecule has 4 heteroatoms. The third-order valence-corrected chi connectivity index (χ3v) is 4.29. The van der Waals surface area contributed by atoms with Gasteiger partial charge in [0.1, 0.15) is 0 Å². The lowest BCUT2D eigenvalue weighted by Crippen LogP contribution is -2.20. The largest absolute Gasteiger partial charge is 0.478 e. The third-order valence-electron chi connectivity index (χ3n) is 4.29.